The van der Waals surface area contributed by atoms with Gasteiger partial charge in [-0.25, -0.2) is 0 Å². The Bertz CT molecular complexity index is 2730. The van der Waals surface area contributed by atoms with E-state index in [4.69, 9.17) is 18.9 Å². The van der Waals surface area contributed by atoms with Gasteiger partial charge < -0.3 is 28.7 Å². The summed E-state index contributed by atoms with van der Waals surface area (Å²) in [6, 6.07) is 39.2. The molecule has 8 nitrogen and oxygen atoms in total. The van der Waals surface area contributed by atoms with Crippen molar-refractivity contribution in [2.75, 3.05) is 39.4 Å². The lowest BCUT2D eigenvalue weighted by Crippen LogP contribution is -2.34. The molecule has 0 aromatic heterocycles. The molecule has 0 aliphatic heterocycles. The second-order valence-electron chi connectivity index (χ2n) is 25.5. The molecule has 0 atom stereocenters. The van der Waals surface area contributed by atoms with Gasteiger partial charge >= 0.3 is 0 Å². The molecular formula is C70H90N2O6. The summed E-state index contributed by atoms with van der Waals surface area (Å²) in [7, 11) is 0. The third-order valence-electron chi connectivity index (χ3n) is 15.3. The van der Waals surface area contributed by atoms with Crippen LogP contribution in [0, 0.1) is 0 Å². The second-order valence-corrected chi connectivity index (χ2v) is 25.5. The maximum Gasteiger partial charge on any atom is 0.260 e. The third kappa shape index (κ3) is 14.6. The first-order valence-corrected chi connectivity index (χ1v) is 28.6. The highest BCUT2D eigenvalue weighted by atomic mass is 16.5. The predicted octanol–water partition coefficient (Wildman–Crippen LogP) is 15.2. The number of carbonyl (C=O) groups excluding carboxylic acids is 2. The lowest BCUT2D eigenvalue weighted by molar-refractivity contribution is -0.133. The van der Waals surface area contributed by atoms with Gasteiger partial charge in [-0.15, -0.1) is 0 Å². The molecule has 78 heavy (non-hydrogen) atoms. The molecule has 0 saturated heterocycles. The minimum atomic E-state index is -0.243. The van der Waals surface area contributed by atoms with Gasteiger partial charge in [-0.2, -0.15) is 0 Å². The Morgan fingerprint density at radius 3 is 0.782 bits per heavy atom. The number of hydrogen-bond donors (Lipinski definition) is 0. The number of fused-ring (bicyclic) bond motifs is 8. The molecule has 8 heteroatoms. The van der Waals surface area contributed by atoms with E-state index >= 15 is 0 Å². The predicted molar refractivity (Wildman–Crippen MR) is 320 cm³/mol. The number of hydrogen-bond acceptors (Lipinski definition) is 6. The summed E-state index contributed by atoms with van der Waals surface area (Å²) >= 11 is 0. The average Bonchev–Trinajstić information content (AvgIpc) is 3.50. The van der Waals surface area contributed by atoms with Crippen molar-refractivity contribution in [1.29, 1.82) is 0 Å². The van der Waals surface area contributed by atoms with Crippen LogP contribution in [0.5, 0.6) is 23.0 Å². The van der Waals surface area contributed by atoms with Crippen LogP contribution < -0.4 is 18.9 Å². The summed E-state index contributed by atoms with van der Waals surface area (Å²) in [5, 5.41) is 0. The van der Waals surface area contributed by atoms with Gasteiger partial charge in [-0.05, 0) is 127 Å². The smallest absolute Gasteiger partial charge is 0.260 e. The van der Waals surface area contributed by atoms with Crippen molar-refractivity contribution in [1.82, 2.24) is 9.80 Å². The highest BCUT2D eigenvalue weighted by Crippen LogP contribution is 2.45. The van der Waals surface area contributed by atoms with E-state index in [1.807, 2.05) is 49.6 Å². The van der Waals surface area contributed by atoms with Crippen LogP contribution >= 0.6 is 0 Å². The van der Waals surface area contributed by atoms with Crippen molar-refractivity contribution in [3.8, 4) is 23.0 Å². The first-order chi connectivity index (χ1) is 36.8. The van der Waals surface area contributed by atoms with Crippen LogP contribution in [0.1, 0.15) is 189 Å². The number of likely N-dealkylation sites (N-methyl/N-ethyl adjacent to an activating group) is 2. The van der Waals surface area contributed by atoms with Crippen LogP contribution in [0.15, 0.2) is 109 Å². The molecule has 416 valence electrons. The fourth-order valence-corrected chi connectivity index (χ4v) is 10.4. The zero-order chi connectivity index (χ0) is 56.7. The third-order valence-corrected chi connectivity index (χ3v) is 15.3. The summed E-state index contributed by atoms with van der Waals surface area (Å²) in [4.78, 5) is 31.8. The Hall–Kier alpha value is -6.54. The highest BCUT2D eigenvalue weighted by Gasteiger charge is 2.30. The van der Waals surface area contributed by atoms with E-state index in [2.05, 4.69) is 180 Å². The molecule has 8 bridgehead atoms. The van der Waals surface area contributed by atoms with Crippen molar-refractivity contribution in [3.63, 3.8) is 0 Å². The summed E-state index contributed by atoms with van der Waals surface area (Å²) in [6.45, 7) is 38.1. The van der Waals surface area contributed by atoms with Gasteiger partial charge in [0, 0.05) is 51.9 Å². The fourth-order valence-electron chi connectivity index (χ4n) is 10.4. The van der Waals surface area contributed by atoms with Gasteiger partial charge in [0.25, 0.3) is 11.8 Å². The van der Waals surface area contributed by atoms with Crippen LogP contribution in [-0.2, 0) is 70.1 Å². The van der Waals surface area contributed by atoms with E-state index in [0.717, 1.165) is 67.1 Å². The van der Waals surface area contributed by atoms with E-state index in [-0.39, 0.29) is 46.7 Å². The maximum atomic E-state index is 14.1. The summed E-state index contributed by atoms with van der Waals surface area (Å²) in [5.41, 5.74) is 13.8. The van der Waals surface area contributed by atoms with Gasteiger partial charge in [0.1, 0.15) is 36.2 Å². The van der Waals surface area contributed by atoms with Crippen molar-refractivity contribution in [2.24, 2.45) is 0 Å². The first kappa shape index (κ1) is 59.1. The molecule has 2 amide bonds. The molecule has 0 unspecified atom stereocenters. The van der Waals surface area contributed by atoms with Gasteiger partial charge in [-0.1, -0.05) is 192 Å². The Kier molecular flexibility index (Phi) is 18.7. The Labute approximate surface area is 468 Å². The molecule has 1 aliphatic rings. The Morgan fingerprint density at radius 1 is 0.359 bits per heavy atom. The molecule has 0 spiro atoms. The summed E-state index contributed by atoms with van der Waals surface area (Å²) < 4.78 is 28.6. The van der Waals surface area contributed by atoms with Crippen LogP contribution in [-0.4, -0.2) is 61.0 Å². The normalized spacial score (nSPS) is 12.9. The van der Waals surface area contributed by atoms with Crippen molar-refractivity contribution in [2.45, 2.75) is 171 Å². The highest BCUT2D eigenvalue weighted by molar-refractivity contribution is 5.78. The molecule has 0 heterocycles. The van der Waals surface area contributed by atoms with E-state index < -0.39 is 0 Å². The number of amides is 2. The van der Waals surface area contributed by atoms with Crippen molar-refractivity contribution < 1.29 is 28.5 Å². The van der Waals surface area contributed by atoms with Crippen LogP contribution in [0.4, 0.5) is 0 Å². The molecule has 1 aliphatic carbocycles. The molecule has 0 N–H and O–H groups in total. The summed E-state index contributed by atoms with van der Waals surface area (Å²) in [5.74, 6) is 2.90. The molecule has 6 aromatic rings. The molecule has 0 saturated carbocycles. The van der Waals surface area contributed by atoms with Gasteiger partial charge in [0.05, 0.1) is 0 Å². The van der Waals surface area contributed by atoms with Crippen LogP contribution in [0.25, 0.3) is 0 Å². The van der Waals surface area contributed by atoms with E-state index in [0.29, 0.717) is 76.6 Å². The van der Waals surface area contributed by atoms with E-state index in [1.54, 1.807) is 0 Å². The number of benzene rings is 6. The minimum absolute atomic E-state index is 0.0562. The van der Waals surface area contributed by atoms with Crippen molar-refractivity contribution in [3.05, 3.63) is 187 Å². The Balaban J connectivity index is 1.64. The standard InChI is InChI=1S/C70H90N2O6/c1-17-71(18-2)61(73)45-77-65-53-31-49-35-57(67(5,6)7)37-51(63(49)75-43-47-27-23-21-24-28-47)33-55-41-60(70(14,15)16)42-56(66(55)78-46-62(74)72(19-3)20-4)34-52-38-58(68(8,9)10)36-50(32-54(65)40-59(39-53)69(11,12)13)64(52)76-44-48-29-25-22-26-30-48/h21-30,35-42H,17-20,31-34,43-46H2,1-16H3. The van der Waals surface area contributed by atoms with E-state index in [9.17, 15) is 9.59 Å². The van der Waals surface area contributed by atoms with Gasteiger partial charge in [-0.3, -0.25) is 9.59 Å². The SMILES string of the molecule is CCN(CC)C(=O)COc1c2cc(C(C)(C)C)cc1Cc1cc(C(C)(C)C)cc(c1OCc1ccccc1)Cc1cc(C(C)(C)C)cc(c1OCC(=O)N(CC)CC)Cc1cc(C(C)(C)C)cc(c1OCc1ccccc1)C2. The van der Waals surface area contributed by atoms with Crippen LogP contribution in [0.3, 0.4) is 0 Å². The monoisotopic (exact) mass is 1050 g/mol. The molecule has 7 rings (SSSR count). The second kappa shape index (κ2) is 24.6. The van der Waals surface area contributed by atoms with Gasteiger partial charge in [0.15, 0.2) is 13.2 Å². The number of nitrogens with zero attached hydrogens (tertiary/aromatic N) is 2. The number of ether oxygens (including phenoxy) is 4. The zero-order valence-corrected chi connectivity index (χ0v) is 50.2. The largest absolute Gasteiger partial charge is 0.488 e. The van der Waals surface area contributed by atoms with Crippen molar-refractivity contribution >= 4 is 11.8 Å². The fraction of sp³-hybridized carbons (Fsp3) is 0.457. The first-order valence-electron chi connectivity index (χ1n) is 28.6. The lowest BCUT2D eigenvalue weighted by Gasteiger charge is -2.29. The van der Waals surface area contributed by atoms with Gasteiger partial charge in [0.2, 0.25) is 0 Å². The molecule has 6 aromatic carbocycles. The topological polar surface area (TPSA) is 77.5 Å². The van der Waals surface area contributed by atoms with Crippen LogP contribution in [0.2, 0.25) is 0 Å². The quantitative estimate of drug-likeness (QED) is 0.0960. The number of carbonyl (C=O) groups is 2. The summed E-state index contributed by atoms with van der Waals surface area (Å²) in [6.07, 6.45) is 1.86. The molecular weight excluding hydrogens is 965 g/mol. The minimum Gasteiger partial charge on any atom is -0.488 e. The average molecular weight is 1060 g/mol. The Morgan fingerprint density at radius 2 is 0.577 bits per heavy atom. The maximum absolute atomic E-state index is 14.1. The lowest BCUT2D eigenvalue weighted by atomic mass is 9.79. The number of rotatable bonds is 16. The van der Waals surface area contributed by atoms with E-state index in [1.165, 1.54) is 22.3 Å². The molecule has 0 radical (unpaired) electrons. The zero-order valence-electron chi connectivity index (χ0n) is 50.2. The molecule has 0 fully saturated rings.